The number of nitrogens with zero attached hydrogens (tertiary/aromatic N) is 2. The first-order valence-electron chi connectivity index (χ1n) is 4.98. The number of aryl methyl sites for hydroxylation is 1. The first-order chi connectivity index (χ1) is 7.70. The standard InChI is InChI=1S/C10H12N4OS/c1-3-11-10-14-13-9(16-10)7-5-4-6(2)12-8(7)15/h4-5H,3H2,1-2H3,(H,11,14)(H,12,15). The number of aromatic amines is 1. The minimum absolute atomic E-state index is 0.126. The molecule has 0 amide bonds. The zero-order valence-electron chi connectivity index (χ0n) is 9.07. The first-order valence-corrected chi connectivity index (χ1v) is 5.80. The second kappa shape index (κ2) is 4.44. The Bertz CT molecular complexity index is 546. The lowest BCUT2D eigenvalue weighted by atomic mass is 10.2. The van der Waals surface area contributed by atoms with Crippen LogP contribution in [-0.2, 0) is 0 Å². The van der Waals surface area contributed by atoms with E-state index in [9.17, 15) is 4.79 Å². The minimum Gasteiger partial charge on any atom is -0.360 e. The zero-order chi connectivity index (χ0) is 11.5. The molecule has 0 aliphatic carbocycles. The predicted octanol–water partition coefficient (Wildman–Crippen LogP) is 1.63. The third-order valence-electron chi connectivity index (χ3n) is 2.04. The molecule has 0 saturated heterocycles. The van der Waals surface area contributed by atoms with Gasteiger partial charge in [-0.3, -0.25) is 4.79 Å². The van der Waals surface area contributed by atoms with E-state index in [4.69, 9.17) is 0 Å². The molecule has 0 aliphatic heterocycles. The van der Waals surface area contributed by atoms with Gasteiger partial charge in [0.05, 0.1) is 5.56 Å². The molecule has 0 spiro atoms. The number of aromatic nitrogens is 3. The monoisotopic (exact) mass is 236 g/mol. The van der Waals surface area contributed by atoms with Crippen LogP contribution in [-0.4, -0.2) is 21.7 Å². The molecule has 2 aromatic rings. The maximum Gasteiger partial charge on any atom is 0.258 e. The average molecular weight is 236 g/mol. The Morgan fingerprint density at radius 1 is 1.44 bits per heavy atom. The summed E-state index contributed by atoms with van der Waals surface area (Å²) in [5.41, 5.74) is 1.27. The topological polar surface area (TPSA) is 70.7 Å². The Balaban J connectivity index is 2.39. The number of hydrogen-bond acceptors (Lipinski definition) is 5. The highest BCUT2D eigenvalue weighted by Crippen LogP contribution is 2.23. The Morgan fingerprint density at radius 3 is 2.94 bits per heavy atom. The summed E-state index contributed by atoms with van der Waals surface area (Å²) < 4.78 is 0. The maximum absolute atomic E-state index is 11.7. The van der Waals surface area contributed by atoms with Gasteiger partial charge in [0.25, 0.3) is 5.56 Å². The lowest BCUT2D eigenvalue weighted by molar-refractivity contribution is 1.06. The van der Waals surface area contributed by atoms with Crippen molar-refractivity contribution in [2.45, 2.75) is 13.8 Å². The summed E-state index contributed by atoms with van der Waals surface area (Å²) in [6.45, 7) is 4.62. The molecule has 2 aromatic heterocycles. The van der Waals surface area contributed by atoms with Crippen molar-refractivity contribution in [1.82, 2.24) is 15.2 Å². The summed E-state index contributed by atoms with van der Waals surface area (Å²) in [5, 5.41) is 12.4. The molecule has 0 saturated carbocycles. The van der Waals surface area contributed by atoms with E-state index in [1.54, 1.807) is 6.07 Å². The van der Waals surface area contributed by atoms with Crippen LogP contribution < -0.4 is 10.9 Å². The van der Waals surface area contributed by atoms with Crippen LogP contribution in [0.4, 0.5) is 5.13 Å². The molecule has 2 rings (SSSR count). The second-order valence-electron chi connectivity index (χ2n) is 3.33. The summed E-state index contributed by atoms with van der Waals surface area (Å²) in [6.07, 6.45) is 0. The SMILES string of the molecule is CCNc1nnc(-c2ccc(C)[nH]c2=O)s1. The number of pyridine rings is 1. The Hall–Kier alpha value is -1.69. The zero-order valence-corrected chi connectivity index (χ0v) is 9.89. The van der Waals surface area contributed by atoms with Gasteiger partial charge in [-0.2, -0.15) is 0 Å². The molecule has 0 bridgehead atoms. The highest BCUT2D eigenvalue weighted by Gasteiger charge is 2.09. The Morgan fingerprint density at radius 2 is 2.25 bits per heavy atom. The molecule has 84 valence electrons. The average Bonchev–Trinajstić information content (AvgIpc) is 2.67. The van der Waals surface area contributed by atoms with E-state index in [1.165, 1.54) is 11.3 Å². The first kappa shape index (κ1) is 10.8. The molecule has 2 heterocycles. The van der Waals surface area contributed by atoms with Gasteiger partial charge in [0.1, 0.15) is 0 Å². The molecular weight excluding hydrogens is 224 g/mol. The molecule has 0 radical (unpaired) electrons. The van der Waals surface area contributed by atoms with Crippen molar-refractivity contribution in [2.24, 2.45) is 0 Å². The van der Waals surface area contributed by atoms with Gasteiger partial charge in [0.15, 0.2) is 5.01 Å². The molecular formula is C10H12N4OS. The summed E-state index contributed by atoms with van der Waals surface area (Å²) in [7, 11) is 0. The van der Waals surface area contributed by atoms with Crippen LogP contribution in [0.3, 0.4) is 0 Å². The fraction of sp³-hybridized carbons (Fsp3) is 0.300. The third-order valence-corrected chi connectivity index (χ3v) is 2.95. The van der Waals surface area contributed by atoms with Gasteiger partial charge in [-0.25, -0.2) is 0 Å². The lowest BCUT2D eigenvalue weighted by Crippen LogP contribution is -2.09. The van der Waals surface area contributed by atoms with Gasteiger partial charge in [-0.1, -0.05) is 11.3 Å². The van der Waals surface area contributed by atoms with Crippen LogP contribution in [0.25, 0.3) is 10.6 Å². The maximum atomic E-state index is 11.7. The Labute approximate surface area is 96.6 Å². The van der Waals surface area contributed by atoms with Crippen LogP contribution in [0.2, 0.25) is 0 Å². The van der Waals surface area contributed by atoms with Crippen molar-refractivity contribution < 1.29 is 0 Å². The normalized spacial score (nSPS) is 10.4. The van der Waals surface area contributed by atoms with Crippen LogP contribution in [0, 0.1) is 6.92 Å². The number of nitrogens with one attached hydrogen (secondary N) is 2. The summed E-state index contributed by atoms with van der Waals surface area (Å²) in [6, 6.07) is 3.62. The van der Waals surface area contributed by atoms with Gasteiger partial charge in [-0.05, 0) is 26.0 Å². The van der Waals surface area contributed by atoms with E-state index in [2.05, 4.69) is 20.5 Å². The van der Waals surface area contributed by atoms with Gasteiger partial charge < -0.3 is 10.3 Å². The summed E-state index contributed by atoms with van der Waals surface area (Å²) in [4.78, 5) is 14.4. The third kappa shape index (κ3) is 2.11. The Kier molecular flexibility index (Phi) is 3.00. The summed E-state index contributed by atoms with van der Waals surface area (Å²) >= 11 is 1.38. The van der Waals surface area contributed by atoms with E-state index in [1.807, 2.05) is 19.9 Å². The number of rotatable bonds is 3. The fourth-order valence-corrected chi connectivity index (χ4v) is 2.13. The number of anilines is 1. The van der Waals surface area contributed by atoms with E-state index in [-0.39, 0.29) is 5.56 Å². The van der Waals surface area contributed by atoms with Crippen molar-refractivity contribution in [1.29, 1.82) is 0 Å². The van der Waals surface area contributed by atoms with Gasteiger partial charge in [0.2, 0.25) is 5.13 Å². The highest BCUT2D eigenvalue weighted by molar-refractivity contribution is 7.18. The lowest BCUT2D eigenvalue weighted by Gasteiger charge is -1.95. The molecule has 0 aromatic carbocycles. The van der Waals surface area contributed by atoms with Crippen molar-refractivity contribution in [3.8, 4) is 10.6 Å². The molecule has 0 atom stereocenters. The fourth-order valence-electron chi connectivity index (χ4n) is 1.30. The molecule has 16 heavy (non-hydrogen) atoms. The van der Waals surface area contributed by atoms with Gasteiger partial charge in [0, 0.05) is 12.2 Å². The summed E-state index contributed by atoms with van der Waals surface area (Å²) in [5.74, 6) is 0. The van der Waals surface area contributed by atoms with Crippen LogP contribution in [0.5, 0.6) is 0 Å². The van der Waals surface area contributed by atoms with Gasteiger partial charge in [-0.15, -0.1) is 10.2 Å². The van der Waals surface area contributed by atoms with E-state index >= 15 is 0 Å². The molecule has 0 aliphatic rings. The van der Waals surface area contributed by atoms with Gasteiger partial charge >= 0.3 is 0 Å². The van der Waals surface area contributed by atoms with Crippen LogP contribution >= 0.6 is 11.3 Å². The predicted molar refractivity (Wildman–Crippen MR) is 64.9 cm³/mol. The van der Waals surface area contributed by atoms with E-state index in [0.29, 0.717) is 10.6 Å². The van der Waals surface area contributed by atoms with E-state index in [0.717, 1.165) is 17.4 Å². The van der Waals surface area contributed by atoms with Crippen LogP contribution in [0.1, 0.15) is 12.6 Å². The quantitative estimate of drug-likeness (QED) is 0.849. The van der Waals surface area contributed by atoms with Crippen molar-refractivity contribution in [2.75, 3.05) is 11.9 Å². The largest absolute Gasteiger partial charge is 0.360 e. The number of H-pyrrole nitrogens is 1. The molecule has 0 unspecified atom stereocenters. The molecule has 6 heteroatoms. The molecule has 0 fully saturated rings. The molecule has 5 nitrogen and oxygen atoms in total. The smallest absolute Gasteiger partial charge is 0.258 e. The van der Waals surface area contributed by atoms with Crippen molar-refractivity contribution >= 4 is 16.5 Å². The van der Waals surface area contributed by atoms with Crippen molar-refractivity contribution in [3.05, 3.63) is 28.2 Å². The van der Waals surface area contributed by atoms with Crippen LogP contribution in [0.15, 0.2) is 16.9 Å². The second-order valence-corrected chi connectivity index (χ2v) is 4.30. The number of hydrogen-bond donors (Lipinski definition) is 2. The van der Waals surface area contributed by atoms with E-state index < -0.39 is 0 Å². The molecule has 2 N–H and O–H groups in total. The minimum atomic E-state index is -0.126. The van der Waals surface area contributed by atoms with Crippen molar-refractivity contribution in [3.63, 3.8) is 0 Å². The highest BCUT2D eigenvalue weighted by atomic mass is 32.1.